The van der Waals surface area contributed by atoms with Crippen LogP contribution in [0.1, 0.15) is 27.4 Å². The van der Waals surface area contributed by atoms with E-state index in [2.05, 4.69) is 15.1 Å². The zero-order valence-corrected chi connectivity index (χ0v) is 19.0. The monoisotopic (exact) mass is 485 g/mol. The molecule has 0 bridgehead atoms. The molecule has 0 spiro atoms. The van der Waals surface area contributed by atoms with E-state index in [-0.39, 0.29) is 36.5 Å². The number of benzene rings is 2. The molecular weight excluding hydrogens is 463 g/mol. The summed E-state index contributed by atoms with van der Waals surface area (Å²) in [6.07, 6.45) is -3.19. The number of amides is 1. The molecule has 0 atom stereocenters. The summed E-state index contributed by atoms with van der Waals surface area (Å²) in [6.45, 7) is 2.02. The highest BCUT2D eigenvalue weighted by atomic mass is 19.4. The lowest BCUT2D eigenvalue weighted by Crippen LogP contribution is -2.35. The summed E-state index contributed by atoms with van der Waals surface area (Å²) >= 11 is 0. The van der Waals surface area contributed by atoms with E-state index in [0.717, 1.165) is 12.1 Å². The standard InChI is InChI=1S/C24H22F3N5O3/c1-15-19(13-28-32(15)17-7-5-6-16(12-17)24(25,26)27)23(34)31(10-11-35-2)14-21-29-20-9-4-3-8-18(20)22(33)30-21/h3-9,12-13H,10-11,14H2,1-2H3,(H,29,30,33). The predicted molar refractivity (Wildman–Crippen MR) is 122 cm³/mol. The third-order valence-corrected chi connectivity index (χ3v) is 5.51. The van der Waals surface area contributed by atoms with Gasteiger partial charge in [0.05, 0.1) is 52.8 Å². The number of halogens is 3. The van der Waals surface area contributed by atoms with Crippen LogP contribution >= 0.6 is 0 Å². The first-order valence-electron chi connectivity index (χ1n) is 10.7. The van der Waals surface area contributed by atoms with E-state index in [1.807, 2.05) is 0 Å². The second-order valence-corrected chi connectivity index (χ2v) is 7.85. The van der Waals surface area contributed by atoms with E-state index in [4.69, 9.17) is 4.74 Å². The van der Waals surface area contributed by atoms with E-state index < -0.39 is 17.6 Å². The topological polar surface area (TPSA) is 93.1 Å². The fraction of sp³-hybridized carbons (Fsp3) is 0.250. The van der Waals surface area contributed by atoms with Crippen molar-refractivity contribution in [2.24, 2.45) is 0 Å². The van der Waals surface area contributed by atoms with Crippen LogP contribution in [0.3, 0.4) is 0 Å². The lowest BCUT2D eigenvalue weighted by molar-refractivity contribution is -0.137. The lowest BCUT2D eigenvalue weighted by Gasteiger charge is -2.22. The number of aromatic amines is 1. The lowest BCUT2D eigenvalue weighted by atomic mass is 10.2. The molecule has 0 aliphatic carbocycles. The van der Waals surface area contributed by atoms with E-state index in [9.17, 15) is 22.8 Å². The van der Waals surface area contributed by atoms with Crippen molar-refractivity contribution in [3.8, 4) is 5.69 Å². The molecule has 0 saturated heterocycles. The third kappa shape index (κ3) is 5.09. The SMILES string of the molecule is COCCN(Cc1nc2ccccc2c(=O)[nH]1)C(=O)c1cnn(-c2cccc(C(F)(F)F)c2)c1C. The van der Waals surface area contributed by atoms with Gasteiger partial charge >= 0.3 is 6.18 Å². The maximum absolute atomic E-state index is 13.4. The molecule has 2 aromatic carbocycles. The molecule has 2 aromatic heterocycles. The molecule has 4 rings (SSSR count). The van der Waals surface area contributed by atoms with E-state index in [0.29, 0.717) is 22.4 Å². The number of H-pyrrole nitrogens is 1. The minimum Gasteiger partial charge on any atom is -0.383 e. The molecular formula is C24H22F3N5O3. The zero-order valence-electron chi connectivity index (χ0n) is 19.0. The number of ether oxygens (including phenoxy) is 1. The fourth-order valence-corrected chi connectivity index (χ4v) is 3.71. The Balaban J connectivity index is 1.65. The van der Waals surface area contributed by atoms with Gasteiger partial charge in [0.15, 0.2) is 0 Å². The highest BCUT2D eigenvalue weighted by molar-refractivity contribution is 5.95. The van der Waals surface area contributed by atoms with Gasteiger partial charge in [0.25, 0.3) is 11.5 Å². The van der Waals surface area contributed by atoms with Crippen LogP contribution in [0.15, 0.2) is 59.5 Å². The van der Waals surface area contributed by atoms with Crippen LogP contribution in [0, 0.1) is 6.92 Å². The number of carbonyl (C=O) groups is 1. The Kier molecular flexibility index (Phi) is 6.70. The van der Waals surface area contributed by atoms with Crippen molar-refractivity contribution in [2.75, 3.05) is 20.3 Å². The van der Waals surface area contributed by atoms with E-state index in [1.54, 1.807) is 31.2 Å². The summed E-state index contributed by atoms with van der Waals surface area (Å²) in [6, 6.07) is 11.6. The molecule has 182 valence electrons. The predicted octanol–water partition coefficient (Wildman–Crippen LogP) is 3.72. The van der Waals surface area contributed by atoms with Gasteiger partial charge in [-0.25, -0.2) is 9.67 Å². The molecule has 4 aromatic rings. The number of rotatable bonds is 7. The number of nitrogens with one attached hydrogen (secondary N) is 1. The smallest absolute Gasteiger partial charge is 0.383 e. The Morgan fingerprint density at radius 1 is 1.17 bits per heavy atom. The maximum atomic E-state index is 13.4. The second-order valence-electron chi connectivity index (χ2n) is 7.85. The Labute approximate surface area is 198 Å². The van der Waals surface area contributed by atoms with Crippen molar-refractivity contribution >= 4 is 16.8 Å². The molecule has 0 unspecified atom stereocenters. The van der Waals surface area contributed by atoms with Crippen LogP contribution in [0.4, 0.5) is 13.2 Å². The number of methoxy groups -OCH3 is 1. The molecule has 0 radical (unpaired) electrons. The van der Waals surface area contributed by atoms with Gasteiger partial charge in [-0.2, -0.15) is 18.3 Å². The molecule has 0 saturated carbocycles. The molecule has 1 amide bonds. The minimum atomic E-state index is -4.50. The van der Waals surface area contributed by atoms with Gasteiger partial charge in [0.2, 0.25) is 0 Å². The largest absolute Gasteiger partial charge is 0.416 e. The van der Waals surface area contributed by atoms with Crippen molar-refractivity contribution in [1.82, 2.24) is 24.6 Å². The third-order valence-electron chi connectivity index (χ3n) is 5.51. The second kappa shape index (κ2) is 9.71. The van der Waals surface area contributed by atoms with Crippen LogP contribution in [-0.4, -0.2) is 50.8 Å². The number of para-hydroxylation sites is 1. The quantitative estimate of drug-likeness (QED) is 0.431. The molecule has 35 heavy (non-hydrogen) atoms. The van der Waals surface area contributed by atoms with Crippen molar-refractivity contribution in [3.05, 3.63) is 87.7 Å². The number of hydrogen-bond donors (Lipinski definition) is 1. The van der Waals surface area contributed by atoms with Gasteiger partial charge in [0, 0.05) is 13.7 Å². The first-order chi connectivity index (χ1) is 16.7. The summed E-state index contributed by atoms with van der Waals surface area (Å²) in [5.41, 5.74) is 0.127. The number of alkyl halides is 3. The van der Waals surface area contributed by atoms with Crippen molar-refractivity contribution in [2.45, 2.75) is 19.6 Å². The van der Waals surface area contributed by atoms with E-state index in [1.165, 1.54) is 35.0 Å². The van der Waals surface area contributed by atoms with Crippen molar-refractivity contribution < 1.29 is 22.7 Å². The minimum absolute atomic E-state index is 0.00353. The summed E-state index contributed by atoms with van der Waals surface area (Å²) in [4.78, 5) is 34.4. The Morgan fingerprint density at radius 3 is 2.69 bits per heavy atom. The Morgan fingerprint density at radius 2 is 1.94 bits per heavy atom. The zero-order chi connectivity index (χ0) is 25.2. The molecule has 0 fully saturated rings. The maximum Gasteiger partial charge on any atom is 0.416 e. The summed E-state index contributed by atoms with van der Waals surface area (Å²) < 4.78 is 45.8. The Hall–Kier alpha value is -3.99. The summed E-state index contributed by atoms with van der Waals surface area (Å²) in [5.74, 6) is -0.130. The van der Waals surface area contributed by atoms with Crippen LogP contribution in [-0.2, 0) is 17.5 Å². The number of aromatic nitrogens is 4. The fourth-order valence-electron chi connectivity index (χ4n) is 3.71. The van der Waals surface area contributed by atoms with Crippen LogP contribution < -0.4 is 5.56 Å². The molecule has 0 aliphatic rings. The molecule has 0 aliphatic heterocycles. The van der Waals surface area contributed by atoms with Gasteiger partial charge in [-0.15, -0.1) is 0 Å². The van der Waals surface area contributed by atoms with Gasteiger partial charge in [-0.05, 0) is 37.3 Å². The molecule has 8 nitrogen and oxygen atoms in total. The average molecular weight is 485 g/mol. The highest BCUT2D eigenvalue weighted by Crippen LogP contribution is 2.30. The first-order valence-corrected chi connectivity index (χ1v) is 10.7. The van der Waals surface area contributed by atoms with Gasteiger partial charge < -0.3 is 14.6 Å². The average Bonchev–Trinajstić information content (AvgIpc) is 3.22. The van der Waals surface area contributed by atoms with Crippen molar-refractivity contribution in [1.29, 1.82) is 0 Å². The first kappa shape index (κ1) is 24.1. The van der Waals surface area contributed by atoms with Crippen LogP contribution in [0.5, 0.6) is 0 Å². The van der Waals surface area contributed by atoms with Crippen LogP contribution in [0.25, 0.3) is 16.6 Å². The van der Waals surface area contributed by atoms with Crippen molar-refractivity contribution in [3.63, 3.8) is 0 Å². The van der Waals surface area contributed by atoms with Gasteiger partial charge in [-0.1, -0.05) is 18.2 Å². The highest BCUT2D eigenvalue weighted by Gasteiger charge is 2.31. The molecule has 2 heterocycles. The summed E-state index contributed by atoms with van der Waals surface area (Å²) in [7, 11) is 1.50. The number of nitrogens with zero attached hydrogens (tertiary/aromatic N) is 4. The summed E-state index contributed by atoms with van der Waals surface area (Å²) in [5, 5.41) is 4.59. The van der Waals surface area contributed by atoms with Gasteiger partial charge in [0.1, 0.15) is 5.82 Å². The number of fused-ring (bicyclic) bond motifs is 1. The molecule has 1 N–H and O–H groups in total. The number of carbonyl (C=O) groups excluding carboxylic acids is 1. The van der Waals surface area contributed by atoms with Crippen LogP contribution in [0.2, 0.25) is 0 Å². The Bertz CT molecular complexity index is 1430. The van der Waals surface area contributed by atoms with Gasteiger partial charge in [-0.3, -0.25) is 9.59 Å². The molecule has 11 heteroatoms. The normalized spacial score (nSPS) is 11.7. The number of hydrogen-bond acceptors (Lipinski definition) is 5. The van der Waals surface area contributed by atoms with E-state index >= 15 is 0 Å².